The fourth-order valence-electron chi connectivity index (χ4n) is 1.40. The molecule has 1 aromatic heterocycles. The smallest absolute Gasteiger partial charge is 0.221 e. The fraction of sp³-hybridized carbons (Fsp3) is 0.0833. The number of carbonyl (C=O) groups excluding carboxylic acids is 1. The number of carbonyl (C=O) groups is 1. The minimum Gasteiger partial charge on any atom is -0.464 e. The highest BCUT2D eigenvalue weighted by Gasteiger charge is 2.01. The number of benzene rings is 1. The maximum Gasteiger partial charge on any atom is 0.221 e. The Hall–Kier alpha value is -2.03. The van der Waals surface area contributed by atoms with Crippen molar-refractivity contribution in [1.29, 1.82) is 0 Å². The zero-order valence-electron chi connectivity index (χ0n) is 8.36. The average molecular weight is 201 g/mol. The van der Waals surface area contributed by atoms with Gasteiger partial charge in [-0.05, 0) is 24.3 Å². The molecule has 0 aliphatic carbocycles. The topological polar surface area (TPSA) is 42.2 Å². The van der Waals surface area contributed by atoms with Gasteiger partial charge in [0.2, 0.25) is 5.91 Å². The molecule has 0 unspecified atom stereocenters. The van der Waals surface area contributed by atoms with Crippen LogP contribution in [0.2, 0.25) is 0 Å². The van der Waals surface area contributed by atoms with Crippen LogP contribution in [0.25, 0.3) is 11.3 Å². The fourth-order valence-corrected chi connectivity index (χ4v) is 1.40. The Morgan fingerprint density at radius 2 is 2.13 bits per heavy atom. The van der Waals surface area contributed by atoms with Gasteiger partial charge in [-0.3, -0.25) is 4.79 Å². The van der Waals surface area contributed by atoms with E-state index in [0.29, 0.717) is 0 Å². The van der Waals surface area contributed by atoms with Crippen LogP contribution in [0.4, 0.5) is 5.69 Å². The molecule has 0 spiro atoms. The Kier molecular flexibility index (Phi) is 2.54. The van der Waals surface area contributed by atoms with Crippen molar-refractivity contribution in [2.45, 2.75) is 6.92 Å². The van der Waals surface area contributed by atoms with Crippen molar-refractivity contribution in [3.05, 3.63) is 42.7 Å². The lowest BCUT2D eigenvalue weighted by atomic mass is 10.1. The molecule has 1 aromatic carbocycles. The van der Waals surface area contributed by atoms with Gasteiger partial charge in [0.15, 0.2) is 0 Å². The van der Waals surface area contributed by atoms with E-state index in [2.05, 4.69) is 5.32 Å². The maximum atomic E-state index is 10.9. The summed E-state index contributed by atoms with van der Waals surface area (Å²) in [6, 6.07) is 11.2. The van der Waals surface area contributed by atoms with Gasteiger partial charge in [-0.2, -0.15) is 0 Å². The zero-order valence-corrected chi connectivity index (χ0v) is 8.36. The number of furan rings is 1. The van der Waals surface area contributed by atoms with Crippen LogP contribution >= 0.6 is 0 Å². The summed E-state index contributed by atoms with van der Waals surface area (Å²) in [5.74, 6) is 0.716. The van der Waals surface area contributed by atoms with Crippen molar-refractivity contribution in [3.8, 4) is 11.3 Å². The van der Waals surface area contributed by atoms with Crippen molar-refractivity contribution in [2.75, 3.05) is 5.32 Å². The van der Waals surface area contributed by atoms with Crippen molar-refractivity contribution in [1.82, 2.24) is 0 Å². The molecule has 76 valence electrons. The summed E-state index contributed by atoms with van der Waals surface area (Å²) in [5, 5.41) is 2.73. The van der Waals surface area contributed by atoms with E-state index in [4.69, 9.17) is 4.42 Å². The monoisotopic (exact) mass is 201 g/mol. The van der Waals surface area contributed by atoms with E-state index >= 15 is 0 Å². The second kappa shape index (κ2) is 4.00. The van der Waals surface area contributed by atoms with Crippen LogP contribution in [0, 0.1) is 0 Å². The molecule has 0 aliphatic heterocycles. The van der Waals surface area contributed by atoms with Crippen LogP contribution in [-0.4, -0.2) is 5.91 Å². The summed E-state index contributed by atoms with van der Waals surface area (Å²) < 4.78 is 5.27. The standard InChI is InChI=1S/C12H11NO2/c1-9(14)13-11-5-2-4-10(8-11)12-6-3-7-15-12/h2-8H,1H3,(H,13,14). The first kappa shape index (κ1) is 9.52. The average Bonchev–Trinajstić information content (AvgIpc) is 2.69. The third-order valence-corrected chi connectivity index (χ3v) is 1.99. The Morgan fingerprint density at radius 1 is 1.27 bits per heavy atom. The normalized spacial score (nSPS) is 9.93. The second-order valence-electron chi connectivity index (χ2n) is 3.24. The zero-order chi connectivity index (χ0) is 10.7. The molecule has 3 heteroatoms. The predicted octanol–water partition coefficient (Wildman–Crippen LogP) is 2.91. The highest BCUT2D eigenvalue weighted by molar-refractivity contribution is 5.89. The Morgan fingerprint density at radius 3 is 2.80 bits per heavy atom. The highest BCUT2D eigenvalue weighted by atomic mass is 16.3. The maximum absolute atomic E-state index is 10.9. The van der Waals surface area contributed by atoms with Crippen LogP contribution < -0.4 is 5.32 Å². The predicted molar refractivity (Wildman–Crippen MR) is 58.4 cm³/mol. The molecule has 0 bridgehead atoms. The van der Waals surface area contributed by atoms with E-state index in [1.54, 1.807) is 6.26 Å². The van der Waals surface area contributed by atoms with E-state index in [1.165, 1.54) is 6.92 Å². The van der Waals surface area contributed by atoms with Crippen molar-refractivity contribution in [2.24, 2.45) is 0 Å². The summed E-state index contributed by atoms with van der Waals surface area (Å²) in [4.78, 5) is 10.9. The molecule has 2 aromatic rings. The largest absolute Gasteiger partial charge is 0.464 e. The Bertz CT molecular complexity index is 460. The molecule has 0 aliphatic rings. The number of amides is 1. The number of hydrogen-bond acceptors (Lipinski definition) is 2. The van der Waals surface area contributed by atoms with Gasteiger partial charge >= 0.3 is 0 Å². The van der Waals surface area contributed by atoms with Gasteiger partial charge in [0.1, 0.15) is 5.76 Å². The molecule has 0 atom stereocenters. The lowest BCUT2D eigenvalue weighted by Gasteiger charge is -2.03. The first-order valence-corrected chi connectivity index (χ1v) is 4.67. The molecule has 1 N–H and O–H groups in total. The van der Waals surface area contributed by atoms with E-state index in [1.807, 2.05) is 36.4 Å². The van der Waals surface area contributed by atoms with Crippen molar-refractivity contribution >= 4 is 11.6 Å². The van der Waals surface area contributed by atoms with Crippen LogP contribution in [0.5, 0.6) is 0 Å². The summed E-state index contributed by atoms with van der Waals surface area (Å²) in [6.45, 7) is 1.49. The third kappa shape index (κ3) is 2.26. The molecule has 1 heterocycles. The lowest BCUT2D eigenvalue weighted by Crippen LogP contribution is -2.05. The number of rotatable bonds is 2. The molecule has 0 fully saturated rings. The lowest BCUT2D eigenvalue weighted by molar-refractivity contribution is -0.114. The first-order chi connectivity index (χ1) is 7.25. The quantitative estimate of drug-likeness (QED) is 0.811. The van der Waals surface area contributed by atoms with Gasteiger partial charge in [-0.1, -0.05) is 12.1 Å². The summed E-state index contributed by atoms with van der Waals surface area (Å²) in [6.07, 6.45) is 1.63. The molecular formula is C12H11NO2. The molecule has 15 heavy (non-hydrogen) atoms. The second-order valence-corrected chi connectivity index (χ2v) is 3.24. The highest BCUT2D eigenvalue weighted by Crippen LogP contribution is 2.22. The van der Waals surface area contributed by atoms with Gasteiger partial charge in [0.05, 0.1) is 6.26 Å². The van der Waals surface area contributed by atoms with E-state index < -0.39 is 0 Å². The molecule has 0 radical (unpaired) electrons. The minimum absolute atomic E-state index is 0.0772. The molecule has 2 rings (SSSR count). The van der Waals surface area contributed by atoms with Gasteiger partial charge in [0.25, 0.3) is 0 Å². The SMILES string of the molecule is CC(=O)Nc1cccc(-c2ccco2)c1. The minimum atomic E-state index is -0.0772. The van der Waals surface area contributed by atoms with Gasteiger partial charge in [-0.15, -0.1) is 0 Å². The summed E-state index contributed by atoms with van der Waals surface area (Å²) in [5.41, 5.74) is 1.72. The number of hydrogen-bond donors (Lipinski definition) is 1. The molecule has 0 saturated carbocycles. The summed E-state index contributed by atoms with van der Waals surface area (Å²) >= 11 is 0. The van der Waals surface area contributed by atoms with Gasteiger partial charge < -0.3 is 9.73 Å². The Balaban J connectivity index is 2.31. The van der Waals surface area contributed by atoms with Crippen molar-refractivity contribution < 1.29 is 9.21 Å². The van der Waals surface area contributed by atoms with Crippen LogP contribution in [0.15, 0.2) is 47.1 Å². The number of nitrogens with one attached hydrogen (secondary N) is 1. The van der Waals surface area contributed by atoms with Crippen LogP contribution in [0.1, 0.15) is 6.92 Å². The van der Waals surface area contributed by atoms with Gasteiger partial charge in [0, 0.05) is 18.2 Å². The molecule has 3 nitrogen and oxygen atoms in total. The van der Waals surface area contributed by atoms with E-state index in [0.717, 1.165) is 17.0 Å². The summed E-state index contributed by atoms with van der Waals surface area (Å²) in [7, 11) is 0. The van der Waals surface area contributed by atoms with E-state index in [-0.39, 0.29) is 5.91 Å². The van der Waals surface area contributed by atoms with Crippen molar-refractivity contribution in [3.63, 3.8) is 0 Å². The third-order valence-electron chi connectivity index (χ3n) is 1.99. The number of anilines is 1. The van der Waals surface area contributed by atoms with Crippen LogP contribution in [0.3, 0.4) is 0 Å². The molecular weight excluding hydrogens is 190 g/mol. The molecule has 1 amide bonds. The first-order valence-electron chi connectivity index (χ1n) is 4.67. The van der Waals surface area contributed by atoms with Gasteiger partial charge in [-0.25, -0.2) is 0 Å². The van der Waals surface area contributed by atoms with E-state index in [9.17, 15) is 4.79 Å². The molecule has 0 saturated heterocycles. The Labute approximate surface area is 87.7 Å². The van der Waals surface area contributed by atoms with Crippen LogP contribution in [-0.2, 0) is 4.79 Å².